The molecule has 14 heavy (non-hydrogen) atoms. The first kappa shape index (κ1) is 9.71. The first-order valence-corrected chi connectivity index (χ1v) is 5.31. The van der Waals surface area contributed by atoms with Crippen LogP contribution in [0.4, 0.5) is 0 Å². The van der Waals surface area contributed by atoms with E-state index in [1.54, 1.807) is 0 Å². The topological polar surface area (TPSA) is 23.6 Å². The fourth-order valence-electron chi connectivity index (χ4n) is 2.26. The molecule has 0 aromatic carbocycles. The monoisotopic (exact) mass is 194 g/mol. The Bertz CT molecular complexity index is 270. The predicted octanol–water partition coefficient (Wildman–Crippen LogP) is 0.869. The third kappa shape index (κ3) is 1.82. The molecule has 1 saturated heterocycles. The normalized spacial score (nSPS) is 27.6. The first-order chi connectivity index (χ1) is 6.66. The third-order valence-corrected chi connectivity index (χ3v) is 3.25. The number of carbonyl (C=O) groups excluding carboxylic acids is 1. The zero-order chi connectivity index (χ0) is 10.1. The van der Waals surface area contributed by atoms with Crippen molar-refractivity contribution in [1.29, 1.82) is 0 Å². The van der Waals surface area contributed by atoms with E-state index in [-0.39, 0.29) is 0 Å². The van der Waals surface area contributed by atoms with Crippen LogP contribution in [0.1, 0.15) is 19.3 Å². The molecule has 0 spiro atoms. The molecule has 0 radical (unpaired) electrons. The van der Waals surface area contributed by atoms with E-state index in [0.29, 0.717) is 11.8 Å². The zero-order valence-corrected chi connectivity index (χ0v) is 8.99. The van der Waals surface area contributed by atoms with Gasteiger partial charge in [-0.25, -0.2) is 0 Å². The summed E-state index contributed by atoms with van der Waals surface area (Å²) in [6.07, 6.45) is 4.73. The molecular weight excluding hydrogens is 176 g/mol. The van der Waals surface area contributed by atoms with E-state index < -0.39 is 0 Å². The first-order valence-electron chi connectivity index (χ1n) is 5.31. The summed E-state index contributed by atoms with van der Waals surface area (Å²) in [5, 5.41) is 0. The van der Waals surface area contributed by atoms with Crippen LogP contribution in [0, 0.1) is 0 Å². The van der Waals surface area contributed by atoms with Gasteiger partial charge >= 0.3 is 0 Å². The van der Waals surface area contributed by atoms with E-state index in [9.17, 15) is 4.79 Å². The molecule has 1 heterocycles. The summed E-state index contributed by atoms with van der Waals surface area (Å²) in [4.78, 5) is 15.8. The lowest BCUT2D eigenvalue weighted by atomic mass is 10.2. The molecule has 2 aliphatic rings. The van der Waals surface area contributed by atoms with Gasteiger partial charge in [0.1, 0.15) is 0 Å². The molecule has 1 fully saturated rings. The van der Waals surface area contributed by atoms with E-state index in [2.05, 4.69) is 23.9 Å². The lowest BCUT2D eigenvalue weighted by Gasteiger charge is -2.22. The van der Waals surface area contributed by atoms with Gasteiger partial charge in [0, 0.05) is 37.3 Å². The SMILES string of the molecule is CN(C)C1CCN(C2=CC(=O)CC2)C1. The molecule has 0 bridgehead atoms. The Balaban J connectivity index is 1.96. The maximum absolute atomic E-state index is 11.1. The Labute approximate surface area is 85.4 Å². The van der Waals surface area contributed by atoms with E-state index in [4.69, 9.17) is 0 Å². The van der Waals surface area contributed by atoms with Gasteiger partial charge < -0.3 is 9.80 Å². The Hall–Kier alpha value is -0.830. The van der Waals surface area contributed by atoms with Crippen LogP contribution in [0.3, 0.4) is 0 Å². The molecule has 1 aliphatic heterocycles. The maximum Gasteiger partial charge on any atom is 0.157 e. The summed E-state index contributed by atoms with van der Waals surface area (Å²) in [5.41, 5.74) is 1.26. The van der Waals surface area contributed by atoms with Crippen LogP contribution < -0.4 is 0 Å². The van der Waals surface area contributed by atoms with Gasteiger partial charge in [-0.05, 0) is 26.9 Å². The average molecular weight is 194 g/mol. The van der Waals surface area contributed by atoms with Crippen LogP contribution in [0.15, 0.2) is 11.8 Å². The second-order valence-corrected chi connectivity index (χ2v) is 4.45. The number of hydrogen-bond donors (Lipinski definition) is 0. The van der Waals surface area contributed by atoms with E-state index in [1.165, 1.54) is 12.1 Å². The average Bonchev–Trinajstić information content (AvgIpc) is 2.70. The minimum absolute atomic E-state index is 0.299. The van der Waals surface area contributed by atoms with Crippen molar-refractivity contribution in [1.82, 2.24) is 9.80 Å². The third-order valence-electron chi connectivity index (χ3n) is 3.25. The molecule has 0 saturated carbocycles. The van der Waals surface area contributed by atoms with Crippen molar-refractivity contribution in [2.45, 2.75) is 25.3 Å². The molecule has 0 aromatic heterocycles. The lowest BCUT2D eigenvalue weighted by molar-refractivity contribution is -0.114. The van der Waals surface area contributed by atoms with Crippen molar-refractivity contribution in [2.75, 3.05) is 27.2 Å². The van der Waals surface area contributed by atoms with Crippen LogP contribution >= 0.6 is 0 Å². The van der Waals surface area contributed by atoms with Crippen molar-refractivity contribution in [3.63, 3.8) is 0 Å². The van der Waals surface area contributed by atoms with Gasteiger partial charge in [0.2, 0.25) is 0 Å². The fraction of sp³-hybridized carbons (Fsp3) is 0.727. The Morgan fingerprint density at radius 1 is 1.43 bits per heavy atom. The van der Waals surface area contributed by atoms with Gasteiger partial charge in [0.05, 0.1) is 0 Å². The molecule has 1 aliphatic carbocycles. The standard InChI is InChI=1S/C11H18N2O/c1-12(2)10-5-6-13(8-10)9-3-4-11(14)7-9/h7,10H,3-6,8H2,1-2H3. The fourth-order valence-corrected chi connectivity index (χ4v) is 2.26. The van der Waals surface area contributed by atoms with E-state index >= 15 is 0 Å². The lowest BCUT2D eigenvalue weighted by Crippen LogP contribution is -2.31. The number of allylic oxidation sites excluding steroid dienone is 2. The molecular formula is C11H18N2O. The van der Waals surface area contributed by atoms with Crippen molar-refractivity contribution < 1.29 is 4.79 Å². The smallest absolute Gasteiger partial charge is 0.157 e. The Kier molecular flexibility index (Phi) is 2.59. The molecule has 3 heteroatoms. The van der Waals surface area contributed by atoms with Crippen LogP contribution in [0.5, 0.6) is 0 Å². The second-order valence-electron chi connectivity index (χ2n) is 4.45. The number of rotatable bonds is 2. The van der Waals surface area contributed by atoms with E-state index in [0.717, 1.165) is 25.9 Å². The highest BCUT2D eigenvalue weighted by Crippen LogP contribution is 2.24. The zero-order valence-electron chi connectivity index (χ0n) is 8.99. The minimum Gasteiger partial charge on any atom is -0.373 e. The highest BCUT2D eigenvalue weighted by atomic mass is 16.1. The van der Waals surface area contributed by atoms with E-state index in [1.807, 2.05) is 6.08 Å². The molecule has 0 N–H and O–H groups in total. The number of likely N-dealkylation sites (tertiary alicyclic amines) is 1. The summed E-state index contributed by atoms with van der Waals surface area (Å²) in [6.45, 7) is 2.20. The van der Waals surface area contributed by atoms with Crippen molar-refractivity contribution in [3.05, 3.63) is 11.8 Å². The van der Waals surface area contributed by atoms with Crippen LogP contribution in [-0.4, -0.2) is 48.8 Å². The quantitative estimate of drug-likeness (QED) is 0.651. The van der Waals surface area contributed by atoms with Crippen molar-refractivity contribution >= 4 is 5.78 Å². The summed E-state index contributed by atoms with van der Waals surface area (Å²) in [6, 6.07) is 0.659. The predicted molar refractivity (Wildman–Crippen MR) is 56.0 cm³/mol. The van der Waals surface area contributed by atoms with Crippen molar-refractivity contribution in [2.24, 2.45) is 0 Å². The van der Waals surface area contributed by atoms with Gasteiger partial charge in [-0.1, -0.05) is 0 Å². The van der Waals surface area contributed by atoms with Crippen molar-refractivity contribution in [3.8, 4) is 0 Å². The molecule has 3 nitrogen and oxygen atoms in total. The van der Waals surface area contributed by atoms with Crippen LogP contribution in [0.25, 0.3) is 0 Å². The number of carbonyl (C=O) groups is 1. The summed E-state index contributed by atoms with van der Waals surface area (Å²) >= 11 is 0. The largest absolute Gasteiger partial charge is 0.373 e. The number of hydrogen-bond acceptors (Lipinski definition) is 3. The van der Waals surface area contributed by atoms with Gasteiger partial charge in [-0.2, -0.15) is 0 Å². The van der Waals surface area contributed by atoms with Gasteiger partial charge in [0.15, 0.2) is 5.78 Å². The number of nitrogens with zero attached hydrogens (tertiary/aromatic N) is 2. The molecule has 0 aromatic rings. The van der Waals surface area contributed by atoms with Gasteiger partial charge in [-0.15, -0.1) is 0 Å². The highest BCUT2D eigenvalue weighted by Gasteiger charge is 2.27. The highest BCUT2D eigenvalue weighted by molar-refractivity contribution is 5.92. The number of likely N-dealkylation sites (N-methyl/N-ethyl adjacent to an activating group) is 1. The summed E-state index contributed by atoms with van der Waals surface area (Å²) in [5.74, 6) is 0.299. The molecule has 0 amide bonds. The summed E-state index contributed by atoms with van der Waals surface area (Å²) < 4.78 is 0. The maximum atomic E-state index is 11.1. The molecule has 2 rings (SSSR count). The minimum atomic E-state index is 0.299. The molecule has 78 valence electrons. The number of ketones is 1. The second kappa shape index (κ2) is 3.73. The van der Waals surface area contributed by atoms with Gasteiger partial charge in [0.25, 0.3) is 0 Å². The molecule has 1 atom stereocenters. The summed E-state index contributed by atoms with van der Waals surface area (Å²) in [7, 11) is 4.25. The Morgan fingerprint density at radius 3 is 2.71 bits per heavy atom. The Morgan fingerprint density at radius 2 is 2.21 bits per heavy atom. The molecule has 1 unspecified atom stereocenters. The van der Waals surface area contributed by atoms with Crippen LogP contribution in [-0.2, 0) is 4.79 Å². The van der Waals surface area contributed by atoms with Gasteiger partial charge in [-0.3, -0.25) is 4.79 Å². The van der Waals surface area contributed by atoms with Crippen LogP contribution in [0.2, 0.25) is 0 Å².